The van der Waals surface area contributed by atoms with Crippen molar-refractivity contribution in [1.82, 2.24) is 5.32 Å². The first-order chi connectivity index (χ1) is 10.1. The Morgan fingerprint density at radius 1 is 1.19 bits per heavy atom. The molecule has 0 aromatic heterocycles. The predicted octanol–water partition coefficient (Wildman–Crippen LogP) is 2.70. The summed E-state index contributed by atoms with van der Waals surface area (Å²) in [5.41, 5.74) is 1.91. The number of aldehydes is 1. The van der Waals surface area contributed by atoms with Crippen molar-refractivity contribution in [1.29, 1.82) is 0 Å². The molecule has 0 saturated carbocycles. The molecule has 1 heterocycles. The number of anilines is 2. The van der Waals surface area contributed by atoms with Crippen LogP contribution in [-0.4, -0.2) is 24.0 Å². The number of carbonyl (C=O) groups excluding carboxylic acids is 2. The van der Waals surface area contributed by atoms with Gasteiger partial charge in [0, 0.05) is 10.6 Å². The van der Waals surface area contributed by atoms with Crippen LogP contribution in [0.15, 0.2) is 36.4 Å². The van der Waals surface area contributed by atoms with E-state index in [-0.39, 0.29) is 18.3 Å². The van der Waals surface area contributed by atoms with Crippen LogP contribution in [0.25, 0.3) is 0 Å². The molecular weight excluding hydrogens is 292 g/mol. The zero-order valence-corrected chi connectivity index (χ0v) is 11.6. The Kier molecular flexibility index (Phi) is 3.27. The summed E-state index contributed by atoms with van der Waals surface area (Å²) in [5.74, 6) is -0.188. The molecule has 0 spiro atoms. The second-order valence-corrected chi connectivity index (χ2v) is 5.06. The van der Waals surface area contributed by atoms with E-state index in [1.807, 2.05) is 0 Å². The van der Waals surface area contributed by atoms with Crippen LogP contribution in [0.2, 0.25) is 5.02 Å². The van der Waals surface area contributed by atoms with Gasteiger partial charge in [-0.05, 0) is 36.4 Å². The second-order valence-electron chi connectivity index (χ2n) is 4.62. The molecule has 2 aromatic carbocycles. The van der Waals surface area contributed by atoms with Crippen LogP contribution >= 0.6 is 11.6 Å². The molecule has 0 unspecified atom stereocenters. The van der Waals surface area contributed by atoms with E-state index in [9.17, 15) is 14.7 Å². The highest BCUT2D eigenvalue weighted by molar-refractivity contribution is 6.31. The van der Waals surface area contributed by atoms with E-state index in [2.05, 4.69) is 5.32 Å². The first-order valence-corrected chi connectivity index (χ1v) is 6.61. The highest BCUT2D eigenvalue weighted by atomic mass is 35.5. The standard InChI is InChI=1S/C15H11ClN2O3/c16-10-2-3-11-12(6-10)18(8-17-15(11)21)13-5-9(7-19)1-4-14(13)20/h1-7,20H,8H2,(H,17,21). The van der Waals surface area contributed by atoms with Gasteiger partial charge < -0.3 is 15.3 Å². The van der Waals surface area contributed by atoms with E-state index in [4.69, 9.17) is 11.6 Å². The van der Waals surface area contributed by atoms with Crippen LogP contribution in [0.4, 0.5) is 11.4 Å². The monoisotopic (exact) mass is 302 g/mol. The molecule has 0 bridgehead atoms. The molecule has 2 aromatic rings. The fourth-order valence-electron chi connectivity index (χ4n) is 2.30. The number of nitrogens with zero attached hydrogens (tertiary/aromatic N) is 1. The lowest BCUT2D eigenvalue weighted by molar-refractivity contribution is 0.0949. The molecule has 0 fully saturated rings. The normalized spacial score (nSPS) is 13.6. The third-order valence-electron chi connectivity index (χ3n) is 3.32. The number of hydrogen-bond donors (Lipinski definition) is 2. The molecule has 1 aliphatic rings. The maximum Gasteiger partial charge on any atom is 0.254 e. The predicted molar refractivity (Wildman–Crippen MR) is 79.4 cm³/mol. The number of nitrogens with one attached hydrogen (secondary N) is 1. The van der Waals surface area contributed by atoms with Crippen LogP contribution < -0.4 is 10.2 Å². The molecule has 5 nitrogen and oxygen atoms in total. The Labute approximate surface area is 125 Å². The number of halogens is 1. The van der Waals surface area contributed by atoms with Crippen LogP contribution in [0, 0.1) is 0 Å². The van der Waals surface area contributed by atoms with Crippen LogP contribution in [0.3, 0.4) is 0 Å². The Hall–Kier alpha value is -2.53. The number of carbonyl (C=O) groups is 2. The number of aromatic hydroxyl groups is 1. The highest BCUT2D eigenvalue weighted by Crippen LogP contribution is 2.37. The molecule has 3 rings (SSSR count). The quantitative estimate of drug-likeness (QED) is 0.837. The fourth-order valence-corrected chi connectivity index (χ4v) is 2.46. The molecular formula is C15H11ClN2O3. The number of benzene rings is 2. The first kappa shape index (κ1) is 13.5. The van der Waals surface area contributed by atoms with Gasteiger partial charge in [0.15, 0.2) is 0 Å². The van der Waals surface area contributed by atoms with Gasteiger partial charge in [-0.25, -0.2) is 0 Å². The minimum Gasteiger partial charge on any atom is -0.506 e. The smallest absolute Gasteiger partial charge is 0.254 e. The summed E-state index contributed by atoms with van der Waals surface area (Å²) in [4.78, 5) is 24.5. The van der Waals surface area contributed by atoms with Gasteiger partial charge in [-0.15, -0.1) is 0 Å². The maximum atomic E-state index is 11.9. The fraction of sp³-hybridized carbons (Fsp3) is 0.0667. The van der Waals surface area contributed by atoms with Crippen LogP contribution in [0.1, 0.15) is 20.7 Å². The Morgan fingerprint density at radius 3 is 2.76 bits per heavy atom. The zero-order chi connectivity index (χ0) is 15.0. The first-order valence-electron chi connectivity index (χ1n) is 6.23. The van der Waals surface area contributed by atoms with Gasteiger partial charge in [0.2, 0.25) is 0 Å². The van der Waals surface area contributed by atoms with E-state index in [1.54, 1.807) is 29.2 Å². The second kappa shape index (κ2) is 5.10. The molecule has 0 aliphatic carbocycles. The summed E-state index contributed by atoms with van der Waals surface area (Å²) >= 11 is 6.00. The van der Waals surface area contributed by atoms with Gasteiger partial charge in [-0.1, -0.05) is 11.6 Å². The van der Waals surface area contributed by atoms with Crippen molar-refractivity contribution >= 4 is 35.2 Å². The van der Waals surface area contributed by atoms with Gasteiger partial charge in [0.05, 0.1) is 23.6 Å². The summed E-state index contributed by atoms with van der Waals surface area (Å²) in [6, 6.07) is 9.44. The Morgan fingerprint density at radius 2 is 2.00 bits per heavy atom. The minimum atomic E-state index is -0.205. The lowest BCUT2D eigenvalue weighted by Gasteiger charge is -2.31. The van der Waals surface area contributed by atoms with E-state index in [0.29, 0.717) is 33.8 Å². The topological polar surface area (TPSA) is 69.6 Å². The van der Waals surface area contributed by atoms with Crippen molar-refractivity contribution in [2.75, 3.05) is 11.6 Å². The van der Waals surface area contributed by atoms with Gasteiger partial charge in [-0.3, -0.25) is 9.59 Å². The van der Waals surface area contributed by atoms with Crippen molar-refractivity contribution < 1.29 is 14.7 Å². The molecule has 1 amide bonds. The van der Waals surface area contributed by atoms with Crippen molar-refractivity contribution in [3.8, 4) is 5.75 Å². The van der Waals surface area contributed by atoms with Gasteiger partial charge in [0.1, 0.15) is 12.0 Å². The summed E-state index contributed by atoms with van der Waals surface area (Å²) < 4.78 is 0. The van der Waals surface area contributed by atoms with Crippen molar-refractivity contribution in [3.63, 3.8) is 0 Å². The third kappa shape index (κ3) is 2.32. The number of rotatable bonds is 2. The summed E-state index contributed by atoms with van der Waals surface area (Å²) in [7, 11) is 0. The average Bonchev–Trinajstić information content (AvgIpc) is 2.48. The maximum absolute atomic E-state index is 11.9. The highest BCUT2D eigenvalue weighted by Gasteiger charge is 2.25. The third-order valence-corrected chi connectivity index (χ3v) is 3.55. The van der Waals surface area contributed by atoms with E-state index < -0.39 is 0 Å². The van der Waals surface area contributed by atoms with Gasteiger partial charge in [-0.2, -0.15) is 0 Å². The largest absolute Gasteiger partial charge is 0.506 e. The number of fused-ring (bicyclic) bond motifs is 1. The van der Waals surface area contributed by atoms with E-state index in [1.165, 1.54) is 12.1 Å². The zero-order valence-electron chi connectivity index (χ0n) is 10.8. The van der Waals surface area contributed by atoms with Crippen LogP contribution in [-0.2, 0) is 0 Å². The van der Waals surface area contributed by atoms with Crippen molar-refractivity contribution in [2.45, 2.75) is 0 Å². The molecule has 0 saturated heterocycles. The SMILES string of the molecule is O=Cc1ccc(O)c(N2CNC(=O)c3ccc(Cl)cc32)c1. The molecule has 21 heavy (non-hydrogen) atoms. The minimum absolute atomic E-state index is 0.0164. The van der Waals surface area contributed by atoms with Crippen molar-refractivity contribution in [3.05, 3.63) is 52.5 Å². The average molecular weight is 303 g/mol. The molecule has 106 valence electrons. The number of hydrogen-bond acceptors (Lipinski definition) is 4. The molecule has 0 radical (unpaired) electrons. The Balaban J connectivity index is 2.17. The van der Waals surface area contributed by atoms with E-state index >= 15 is 0 Å². The molecule has 2 N–H and O–H groups in total. The summed E-state index contributed by atoms with van der Waals surface area (Å²) in [5, 5.41) is 13.2. The van der Waals surface area contributed by atoms with Gasteiger partial charge in [0.25, 0.3) is 5.91 Å². The molecule has 1 aliphatic heterocycles. The lowest BCUT2D eigenvalue weighted by atomic mass is 10.1. The number of phenols is 1. The molecule has 0 atom stereocenters. The van der Waals surface area contributed by atoms with Crippen molar-refractivity contribution in [2.24, 2.45) is 0 Å². The lowest BCUT2D eigenvalue weighted by Crippen LogP contribution is -2.40. The van der Waals surface area contributed by atoms with Gasteiger partial charge >= 0.3 is 0 Å². The Bertz CT molecular complexity index is 746. The number of amides is 1. The molecule has 6 heteroatoms. The van der Waals surface area contributed by atoms with Crippen LogP contribution in [0.5, 0.6) is 5.75 Å². The summed E-state index contributed by atoms with van der Waals surface area (Å²) in [6.45, 7) is 0.183. The summed E-state index contributed by atoms with van der Waals surface area (Å²) in [6.07, 6.45) is 0.699. The van der Waals surface area contributed by atoms with E-state index in [0.717, 1.165) is 0 Å². The number of phenolic OH excluding ortho intramolecular Hbond substituents is 1.